The van der Waals surface area contributed by atoms with Crippen molar-refractivity contribution in [3.63, 3.8) is 0 Å². The third-order valence-electron chi connectivity index (χ3n) is 3.72. The van der Waals surface area contributed by atoms with Crippen LogP contribution in [0.3, 0.4) is 0 Å². The van der Waals surface area contributed by atoms with Crippen LogP contribution in [-0.4, -0.2) is 50.5 Å². The van der Waals surface area contributed by atoms with Gasteiger partial charge in [0.1, 0.15) is 11.3 Å². The van der Waals surface area contributed by atoms with Crippen molar-refractivity contribution < 1.29 is 27.5 Å². The van der Waals surface area contributed by atoms with Gasteiger partial charge in [-0.25, -0.2) is 18.4 Å². The molecule has 146 valence electrons. The normalized spacial score (nSPS) is 12.8. The number of esters is 1. The Balaban J connectivity index is 3.12. The highest BCUT2D eigenvalue weighted by Gasteiger charge is 2.29. The molecule has 0 bridgehead atoms. The highest BCUT2D eigenvalue weighted by Crippen LogP contribution is 2.23. The molecule has 0 aliphatic heterocycles. The highest BCUT2D eigenvalue weighted by atomic mass is 32.2. The zero-order valence-electron chi connectivity index (χ0n) is 15.8. The van der Waals surface area contributed by atoms with Gasteiger partial charge in [0.15, 0.2) is 6.10 Å². The number of methoxy groups -OCH3 is 1. The van der Waals surface area contributed by atoms with Crippen LogP contribution < -0.4 is 9.88 Å². The lowest BCUT2D eigenvalue weighted by Crippen LogP contribution is -2.47. The molecule has 0 fully saturated rings. The number of hydrogen-bond donors (Lipinski definition) is 1. The van der Waals surface area contributed by atoms with Crippen LogP contribution in [0.1, 0.15) is 45.0 Å². The van der Waals surface area contributed by atoms with Gasteiger partial charge in [-0.15, -0.1) is 0 Å². The van der Waals surface area contributed by atoms with Crippen molar-refractivity contribution in [3.05, 3.63) is 23.8 Å². The van der Waals surface area contributed by atoms with Gasteiger partial charge in [-0.1, -0.05) is 0 Å². The molecule has 1 rings (SSSR count). The van der Waals surface area contributed by atoms with E-state index in [4.69, 9.17) is 14.6 Å². The topological polar surface area (TPSA) is 116 Å². The zero-order valence-corrected chi connectivity index (χ0v) is 16.7. The number of amides is 1. The van der Waals surface area contributed by atoms with E-state index in [1.807, 2.05) is 27.7 Å². The zero-order chi connectivity index (χ0) is 20.2. The van der Waals surface area contributed by atoms with Crippen LogP contribution in [0.15, 0.2) is 23.1 Å². The first kappa shape index (κ1) is 21.9. The summed E-state index contributed by atoms with van der Waals surface area (Å²) in [5, 5.41) is 5.09. The Kier molecular flexibility index (Phi) is 7.16. The number of carbonyl (C=O) groups is 2. The maximum atomic E-state index is 12.6. The van der Waals surface area contributed by atoms with Crippen molar-refractivity contribution in [3.8, 4) is 5.75 Å². The van der Waals surface area contributed by atoms with Crippen molar-refractivity contribution in [2.24, 2.45) is 5.14 Å². The Morgan fingerprint density at radius 3 is 2.04 bits per heavy atom. The number of hydrogen-bond acceptors (Lipinski definition) is 6. The van der Waals surface area contributed by atoms with Crippen LogP contribution in [0.4, 0.5) is 0 Å². The molecule has 1 aromatic rings. The monoisotopic (exact) mass is 386 g/mol. The maximum Gasteiger partial charge on any atom is 0.342 e. The Labute approximate surface area is 154 Å². The average Bonchev–Trinajstić information content (AvgIpc) is 2.52. The summed E-state index contributed by atoms with van der Waals surface area (Å²) in [6.07, 6.45) is -1.05. The van der Waals surface area contributed by atoms with Crippen molar-refractivity contribution >= 4 is 21.9 Å². The minimum Gasteiger partial charge on any atom is -0.496 e. The molecule has 0 unspecified atom stereocenters. The van der Waals surface area contributed by atoms with Gasteiger partial charge in [0.05, 0.1) is 12.0 Å². The first-order valence-corrected chi connectivity index (χ1v) is 9.68. The van der Waals surface area contributed by atoms with Gasteiger partial charge < -0.3 is 14.4 Å². The molecule has 1 atom stereocenters. The van der Waals surface area contributed by atoms with E-state index >= 15 is 0 Å². The van der Waals surface area contributed by atoms with Crippen LogP contribution >= 0.6 is 0 Å². The van der Waals surface area contributed by atoms with E-state index in [9.17, 15) is 18.0 Å². The van der Waals surface area contributed by atoms with Gasteiger partial charge in [-0.05, 0) is 52.8 Å². The summed E-state index contributed by atoms with van der Waals surface area (Å²) in [4.78, 5) is 26.4. The molecule has 0 heterocycles. The molecule has 2 N–H and O–H groups in total. The molecule has 0 spiro atoms. The Bertz CT molecular complexity index is 765. The van der Waals surface area contributed by atoms with Crippen molar-refractivity contribution in [1.82, 2.24) is 4.90 Å². The predicted octanol–water partition coefficient (Wildman–Crippen LogP) is 1.53. The van der Waals surface area contributed by atoms with E-state index in [1.165, 1.54) is 26.2 Å². The molecular formula is C17H26N2O6S. The van der Waals surface area contributed by atoms with Crippen molar-refractivity contribution in [1.29, 1.82) is 0 Å². The second kappa shape index (κ2) is 8.50. The fraction of sp³-hybridized carbons (Fsp3) is 0.529. The average molecular weight is 386 g/mol. The fourth-order valence-corrected chi connectivity index (χ4v) is 3.15. The number of primary sulfonamides is 1. The summed E-state index contributed by atoms with van der Waals surface area (Å²) in [7, 11) is -2.67. The molecule has 0 aromatic heterocycles. The highest BCUT2D eigenvalue weighted by molar-refractivity contribution is 7.89. The van der Waals surface area contributed by atoms with Gasteiger partial charge >= 0.3 is 5.97 Å². The van der Waals surface area contributed by atoms with Gasteiger partial charge in [0, 0.05) is 12.1 Å². The molecule has 0 aliphatic rings. The van der Waals surface area contributed by atoms with Gasteiger partial charge in [0.25, 0.3) is 5.91 Å². The molecule has 1 amide bonds. The summed E-state index contributed by atoms with van der Waals surface area (Å²) in [5.74, 6) is -1.10. The second-order valence-electron chi connectivity index (χ2n) is 6.39. The lowest BCUT2D eigenvalue weighted by molar-refractivity contribution is -0.143. The van der Waals surface area contributed by atoms with Crippen molar-refractivity contribution in [2.75, 3.05) is 7.11 Å². The van der Waals surface area contributed by atoms with Crippen LogP contribution in [-0.2, 0) is 19.6 Å². The number of rotatable bonds is 7. The van der Waals surface area contributed by atoms with E-state index in [0.717, 1.165) is 6.07 Å². The number of nitrogens with zero attached hydrogens (tertiary/aromatic N) is 1. The maximum absolute atomic E-state index is 12.6. The van der Waals surface area contributed by atoms with E-state index in [-0.39, 0.29) is 34.2 Å². The van der Waals surface area contributed by atoms with E-state index < -0.39 is 22.1 Å². The number of ether oxygens (including phenoxy) is 2. The van der Waals surface area contributed by atoms with E-state index in [0.29, 0.717) is 0 Å². The standard InChI is InChI=1S/C17H26N2O6S/c1-10(2)19(11(3)4)16(20)12(5)25-17(21)14-9-13(26(18,22)23)7-8-15(14)24-6/h7-12H,1-6H3,(H2,18,22,23)/t12-/m0/s1. The van der Waals surface area contributed by atoms with Gasteiger partial charge in [-0.2, -0.15) is 0 Å². The quantitative estimate of drug-likeness (QED) is 0.711. The fourth-order valence-electron chi connectivity index (χ4n) is 2.61. The van der Waals surface area contributed by atoms with Crippen LogP contribution in [0.5, 0.6) is 5.75 Å². The molecule has 0 radical (unpaired) electrons. The van der Waals surface area contributed by atoms with Gasteiger partial charge in [-0.3, -0.25) is 4.79 Å². The van der Waals surface area contributed by atoms with Crippen LogP contribution in [0.25, 0.3) is 0 Å². The molecular weight excluding hydrogens is 360 g/mol. The van der Waals surface area contributed by atoms with Crippen LogP contribution in [0, 0.1) is 0 Å². The summed E-state index contributed by atoms with van der Waals surface area (Å²) < 4.78 is 33.3. The number of benzene rings is 1. The van der Waals surface area contributed by atoms with Crippen molar-refractivity contribution in [2.45, 2.75) is 57.7 Å². The number of nitrogens with two attached hydrogens (primary N) is 1. The minimum atomic E-state index is -4.00. The Morgan fingerprint density at radius 2 is 1.62 bits per heavy atom. The SMILES string of the molecule is COc1ccc(S(N)(=O)=O)cc1C(=O)O[C@@H](C)C(=O)N(C(C)C)C(C)C. The number of carbonyl (C=O) groups excluding carboxylic acids is 2. The summed E-state index contributed by atoms with van der Waals surface area (Å²) in [6.45, 7) is 8.93. The Hall–Kier alpha value is -2.13. The predicted molar refractivity (Wildman–Crippen MR) is 96.4 cm³/mol. The summed E-state index contributed by atoms with van der Waals surface area (Å²) >= 11 is 0. The largest absolute Gasteiger partial charge is 0.496 e. The smallest absolute Gasteiger partial charge is 0.342 e. The molecule has 9 heteroatoms. The Morgan fingerprint density at radius 1 is 1.08 bits per heavy atom. The lowest BCUT2D eigenvalue weighted by Gasteiger charge is -2.32. The third kappa shape index (κ3) is 5.18. The minimum absolute atomic E-state index is 0.0658. The van der Waals surface area contributed by atoms with Gasteiger partial charge in [0.2, 0.25) is 10.0 Å². The van der Waals surface area contributed by atoms with Crippen LogP contribution in [0.2, 0.25) is 0 Å². The summed E-state index contributed by atoms with van der Waals surface area (Å²) in [5.41, 5.74) is -0.126. The van der Waals surface area contributed by atoms with E-state index in [1.54, 1.807) is 4.90 Å². The molecule has 26 heavy (non-hydrogen) atoms. The molecule has 8 nitrogen and oxygen atoms in total. The van der Waals surface area contributed by atoms with E-state index in [2.05, 4.69) is 0 Å². The second-order valence-corrected chi connectivity index (χ2v) is 7.95. The molecule has 0 saturated carbocycles. The lowest BCUT2D eigenvalue weighted by atomic mass is 10.2. The number of sulfonamides is 1. The molecule has 1 aromatic carbocycles. The molecule has 0 aliphatic carbocycles. The third-order valence-corrected chi connectivity index (χ3v) is 4.63. The molecule has 0 saturated heterocycles. The first-order valence-electron chi connectivity index (χ1n) is 8.14. The summed E-state index contributed by atoms with van der Waals surface area (Å²) in [6, 6.07) is 3.46. The first-order chi connectivity index (χ1) is 11.9.